The van der Waals surface area contributed by atoms with Crippen LogP contribution in [0.1, 0.15) is 37.6 Å². The number of aromatic hydroxyl groups is 1. The van der Waals surface area contributed by atoms with Crippen molar-refractivity contribution >= 4 is 23.5 Å². The lowest BCUT2D eigenvalue weighted by Crippen LogP contribution is -2.51. The highest BCUT2D eigenvalue weighted by Gasteiger charge is 2.48. The molecule has 1 saturated heterocycles. The van der Waals surface area contributed by atoms with Gasteiger partial charge in [0.2, 0.25) is 0 Å². The fourth-order valence-electron chi connectivity index (χ4n) is 3.28. The largest absolute Gasteiger partial charge is 0.504 e. The fourth-order valence-corrected chi connectivity index (χ4v) is 3.28. The van der Waals surface area contributed by atoms with Gasteiger partial charge < -0.3 is 24.6 Å². The number of rotatable bonds is 1. The number of carbonyl (C=O) groups excluding carboxylic acids is 3. The number of ether oxygens (including phenoxy) is 2. The molecule has 1 aromatic rings. The van der Waals surface area contributed by atoms with Gasteiger partial charge in [-0.1, -0.05) is 0 Å². The molecule has 3 rings (SSSR count). The van der Waals surface area contributed by atoms with Crippen molar-refractivity contribution in [3.8, 4) is 11.5 Å². The van der Waals surface area contributed by atoms with Crippen LogP contribution < -0.4 is 9.64 Å². The number of carbonyl (C=O) groups is 3. The molecule has 0 bridgehead atoms. The number of Topliss-reactive ketones (excluding diaryl/α,β-unsaturated/α-hetero) is 1. The monoisotopic (exact) mass is 378 g/mol. The second-order valence-electron chi connectivity index (χ2n) is 7.55. The number of methoxy groups -OCH3 is 1. The molecule has 1 aromatic carbocycles. The molecule has 146 valence electrons. The summed E-state index contributed by atoms with van der Waals surface area (Å²) in [4.78, 5) is 39.8. The first-order chi connectivity index (χ1) is 12.5. The molecule has 2 N–H and O–H groups in total. The lowest BCUT2D eigenvalue weighted by atomic mass is 10.1. The molecule has 0 aliphatic carbocycles. The number of hydrogen-bond donors (Lipinski definition) is 2. The van der Waals surface area contributed by atoms with E-state index in [1.54, 1.807) is 20.8 Å². The van der Waals surface area contributed by atoms with Crippen LogP contribution in [0.15, 0.2) is 12.1 Å². The quantitative estimate of drug-likeness (QED) is 0.755. The Labute approximate surface area is 156 Å². The van der Waals surface area contributed by atoms with Gasteiger partial charge in [-0.25, -0.2) is 9.69 Å². The number of phenols is 1. The molecule has 0 spiro atoms. The molecule has 0 saturated carbocycles. The Bertz CT molecular complexity index is 815. The number of aliphatic hydroxyl groups excluding tert-OH is 1. The van der Waals surface area contributed by atoms with E-state index in [-0.39, 0.29) is 41.5 Å². The van der Waals surface area contributed by atoms with Crippen molar-refractivity contribution in [1.82, 2.24) is 4.90 Å². The Hall–Kier alpha value is -2.81. The summed E-state index contributed by atoms with van der Waals surface area (Å²) in [6, 6.07) is 1.55. The van der Waals surface area contributed by atoms with E-state index in [4.69, 9.17) is 9.47 Å². The highest BCUT2D eigenvalue weighted by atomic mass is 16.6. The maximum atomic E-state index is 13.0. The van der Waals surface area contributed by atoms with Crippen LogP contribution in [0.3, 0.4) is 0 Å². The molecule has 0 unspecified atom stereocenters. The van der Waals surface area contributed by atoms with E-state index in [1.807, 2.05) is 0 Å². The highest BCUT2D eigenvalue weighted by molar-refractivity contribution is 6.08. The summed E-state index contributed by atoms with van der Waals surface area (Å²) in [6.07, 6.45) is -2.48. The number of anilines is 1. The SMILES string of the molecule is COc1cc2c(cc1O)N(C(=O)OC(C)(C)C)[C@@H](O)[C@@H]1CC(=O)CN1C2=O. The number of ketones is 1. The summed E-state index contributed by atoms with van der Waals surface area (Å²) in [5.74, 6) is -1.03. The third-order valence-corrected chi connectivity index (χ3v) is 4.43. The number of amides is 2. The Kier molecular flexibility index (Phi) is 4.51. The Morgan fingerprint density at radius 1 is 1.26 bits per heavy atom. The molecule has 0 aromatic heterocycles. The van der Waals surface area contributed by atoms with Gasteiger partial charge in [0.1, 0.15) is 5.60 Å². The van der Waals surface area contributed by atoms with Crippen molar-refractivity contribution in [2.45, 2.75) is 45.1 Å². The molecule has 1 fully saturated rings. The predicted molar refractivity (Wildman–Crippen MR) is 93.8 cm³/mol. The average Bonchev–Trinajstić information content (AvgIpc) is 2.91. The number of benzene rings is 1. The minimum Gasteiger partial charge on any atom is -0.504 e. The zero-order valence-corrected chi connectivity index (χ0v) is 15.6. The third kappa shape index (κ3) is 3.30. The van der Waals surface area contributed by atoms with Crippen LogP contribution in [0.5, 0.6) is 11.5 Å². The molecule has 2 aliphatic rings. The summed E-state index contributed by atoms with van der Waals surface area (Å²) >= 11 is 0. The number of nitrogens with zero attached hydrogens (tertiary/aromatic N) is 2. The molecule has 0 radical (unpaired) electrons. The molecule has 2 aliphatic heterocycles. The molecule has 2 heterocycles. The summed E-state index contributed by atoms with van der Waals surface area (Å²) in [6.45, 7) is 4.83. The molecule has 27 heavy (non-hydrogen) atoms. The van der Waals surface area contributed by atoms with Crippen molar-refractivity contribution in [2.24, 2.45) is 0 Å². The smallest absolute Gasteiger partial charge is 0.417 e. The van der Waals surface area contributed by atoms with E-state index in [2.05, 4.69) is 0 Å². The van der Waals surface area contributed by atoms with Crippen molar-refractivity contribution in [3.05, 3.63) is 17.7 Å². The lowest BCUT2D eigenvalue weighted by Gasteiger charge is -2.33. The topological polar surface area (TPSA) is 117 Å². The van der Waals surface area contributed by atoms with Gasteiger partial charge in [0, 0.05) is 12.5 Å². The normalized spacial score (nSPS) is 22.3. The minimum absolute atomic E-state index is 0.0121. The van der Waals surface area contributed by atoms with Crippen molar-refractivity contribution < 1.29 is 34.1 Å². The first kappa shape index (κ1) is 19.0. The van der Waals surface area contributed by atoms with Crippen molar-refractivity contribution in [3.63, 3.8) is 0 Å². The van der Waals surface area contributed by atoms with Crippen LogP contribution in [-0.4, -0.2) is 64.4 Å². The predicted octanol–water partition coefficient (Wildman–Crippen LogP) is 1.26. The van der Waals surface area contributed by atoms with E-state index in [1.165, 1.54) is 24.1 Å². The molecular weight excluding hydrogens is 356 g/mol. The van der Waals surface area contributed by atoms with Gasteiger partial charge in [0.05, 0.1) is 30.9 Å². The second kappa shape index (κ2) is 6.41. The maximum absolute atomic E-state index is 13.0. The number of aliphatic hydroxyl groups is 1. The highest BCUT2D eigenvalue weighted by Crippen LogP contribution is 2.40. The Balaban J connectivity index is 2.18. The van der Waals surface area contributed by atoms with Gasteiger partial charge in [0.25, 0.3) is 5.91 Å². The van der Waals surface area contributed by atoms with Crippen molar-refractivity contribution in [2.75, 3.05) is 18.6 Å². The van der Waals surface area contributed by atoms with Crippen LogP contribution in [0.25, 0.3) is 0 Å². The molecule has 2 atom stereocenters. The van der Waals surface area contributed by atoms with E-state index in [0.29, 0.717) is 0 Å². The van der Waals surface area contributed by atoms with Gasteiger partial charge in [0.15, 0.2) is 23.5 Å². The molecular formula is C18H22N2O7. The second-order valence-corrected chi connectivity index (χ2v) is 7.55. The van der Waals surface area contributed by atoms with E-state index in [0.717, 1.165) is 4.90 Å². The van der Waals surface area contributed by atoms with Crippen LogP contribution >= 0.6 is 0 Å². The van der Waals surface area contributed by atoms with Gasteiger partial charge in [-0.15, -0.1) is 0 Å². The number of phenolic OH excluding ortho intramolecular Hbond substituents is 1. The third-order valence-electron chi connectivity index (χ3n) is 4.43. The zero-order chi connectivity index (χ0) is 20.1. The first-order valence-electron chi connectivity index (χ1n) is 8.47. The van der Waals surface area contributed by atoms with Crippen LogP contribution in [0.2, 0.25) is 0 Å². The number of fused-ring (bicyclic) bond motifs is 2. The molecule has 9 nitrogen and oxygen atoms in total. The van der Waals surface area contributed by atoms with Crippen LogP contribution in [0.4, 0.5) is 10.5 Å². The average molecular weight is 378 g/mol. The Morgan fingerprint density at radius 2 is 1.93 bits per heavy atom. The Morgan fingerprint density at radius 3 is 2.52 bits per heavy atom. The molecule has 9 heteroatoms. The lowest BCUT2D eigenvalue weighted by molar-refractivity contribution is -0.117. The minimum atomic E-state index is -1.51. The standard InChI is InChI=1S/C18H22N2O7/c1-18(2,3)27-17(25)20-11-7-13(22)14(26-4)6-10(11)15(23)19-8-9(21)5-12(19)16(20)24/h6-7,12,16,22,24H,5,8H2,1-4H3/t12-,16-/m0/s1. The van der Waals surface area contributed by atoms with E-state index >= 15 is 0 Å². The number of hydrogen-bond acceptors (Lipinski definition) is 7. The summed E-state index contributed by atoms with van der Waals surface area (Å²) in [5, 5.41) is 21.0. The summed E-state index contributed by atoms with van der Waals surface area (Å²) < 4.78 is 10.4. The summed E-state index contributed by atoms with van der Waals surface area (Å²) in [7, 11) is 1.32. The fraction of sp³-hybridized carbons (Fsp3) is 0.500. The van der Waals surface area contributed by atoms with Crippen molar-refractivity contribution in [1.29, 1.82) is 0 Å². The maximum Gasteiger partial charge on any atom is 0.417 e. The van der Waals surface area contributed by atoms with Gasteiger partial charge in [-0.2, -0.15) is 0 Å². The van der Waals surface area contributed by atoms with E-state index in [9.17, 15) is 24.6 Å². The van der Waals surface area contributed by atoms with Gasteiger partial charge in [-0.3, -0.25) is 9.59 Å². The summed E-state index contributed by atoms with van der Waals surface area (Å²) in [5.41, 5.74) is -0.846. The van der Waals surface area contributed by atoms with Gasteiger partial charge in [-0.05, 0) is 26.8 Å². The van der Waals surface area contributed by atoms with E-state index < -0.39 is 29.9 Å². The first-order valence-corrected chi connectivity index (χ1v) is 8.47. The van der Waals surface area contributed by atoms with Gasteiger partial charge >= 0.3 is 6.09 Å². The van der Waals surface area contributed by atoms with Crippen LogP contribution in [0, 0.1) is 0 Å². The zero-order valence-electron chi connectivity index (χ0n) is 15.6. The van der Waals surface area contributed by atoms with Crippen LogP contribution in [-0.2, 0) is 9.53 Å². The molecule has 2 amide bonds.